The molecule has 0 radical (unpaired) electrons. The summed E-state index contributed by atoms with van der Waals surface area (Å²) in [6.45, 7) is 0. The highest BCUT2D eigenvalue weighted by Crippen LogP contribution is 2.33. The molecule has 0 spiro atoms. The van der Waals surface area contributed by atoms with Crippen molar-refractivity contribution in [2.75, 3.05) is 19.5 Å². The number of amides is 1. The van der Waals surface area contributed by atoms with E-state index in [9.17, 15) is 9.90 Å². The van der Waals surface area contributed by atoms with Gasteiger partial charge in [-0.05, 0) is 52.3 Å². The maximum Gasteiger partial charge on any atom is 0.256 e. The summed E-state index contributed by atoms with van der Waals surface area (Å²) in [5, 5.41) is 12.0. The molecule has 0 aromatic heterocycles. The molecule has 5 nitrogen and oxygen atoms in total. The van der Waals surface area contributed by atoms with E-state index in [1.807, 2.05) is 0 Å². The second kappa shape index (κ2) is 6.49. The Kier molecular flexibility index (Phi) is 4.70. The fraction of sp³-hybridized carbons (Fsp3) is 0.133. The smallest absolute Gasteiger partial charge is 0.256 e. The molecule has 1 amide bonds. The van der Waals surface area contributed by atoms with E-state index in [0.717, 1.165) is 0 Å². The predicted octanol–water partition coefficient (Wildman–Crippen LogP) is 3.42. The molecule has 2 rings (SSSR count). The van der Waals surface area contributed by atoms with E-state index in [2.05, 4.69) is 21.2 Å². The fourth-order valence-corrected chi connectivity index (χ4v) is 2.27. The van der Waals surface area contributed by atoms with Crippen LogP contribution in [0.15, 0.2) is 40.9 Å². The van der Waals surface area contributed by atoms with Crippen LogP contribution in [0.5, 0.6) is 17.2 Å². The van der Waals surface area contributed by atoms with Gasteiger partial charge in [0.25, 0.3) is 5.91 Å². The van der Waals surface area contributed by atoms with Crippen molar-refractivity contribution in [3.05, 3.63) is 46.4 Å². The molecule has 0 aliphatic carbocycles. The predicted molar refractivity (Wildman–Crippen MR) is 83.3 cm³/mol. The van der Waals surface area contributed by atoms with Crippen molar-refractivity contribution in [3.8, 4) is 17.2 Å². The van der Waals surface area contributed by atoms with Crippen LogP contribution in [0.1, 0.15) is 10.4 Å². The van der Waals surface area contributed by atoms with Crippen LogP contribution in [-0.2, 0) is 0 Å². The van der Waals surface area contributed by atoms with Gasteiger partial charge >= 0.3 is 0 Å². The number of aromatic hydroxyl groups is 1. The molecule has 0 unspecified atom stereocenters. The number of ether oxygens (including phenoxy) is 2. The van der Waals surface area contributed by atoms with E-state index < -0.39 is 0 Å². The maximum absolute atomic E-state index is 12.3. The van der Waals surface area contributed by atoms with Gasteiger partial charge in [0.1, 0.15) is 5.75 Å². The molecule has 2 aromatic carbocycles. The third kappa shape index (κ3) is 3.46. The molecule has 2 aromatic rings. The van der Waals surface area contributed by atoms with Gasteiger partial charge in [-0.15, -0.1) is 0 Å². The van der Waals surface area contributed by atoms with Gasteiger partial charge in [-0.1, -0.05) is 0 Å². The number of benzene rings is 2. The molecule has 0 saturated carbocycles. The Labute approximate surface area is 130 Å². The molecule has 0 bridgehead atoms. The van der Waals surface area contributed by atoms with Crippen molar-refractivity contribution in [2.24, 2.45) is 0 Å². The van der Waals surface area contributed by atoms with Crippen LogP contribution in [0, 0.1) is 0 Å². The highest BCUT2D eigenvalue weighted by molar-refractivity contribution is 9.10. The van der Waals surface area contributed by atoms with Crippen molar-refractivity contribution in [3.63, 3.8) is 0 Å². The normalized spacial score (nSPS) is 10.0. The molecule has 0 saturated heterocycles. The highest BCUT2D eigenvalue weighted by atomic mass is 79.9. The zero-order valence-electron chi connectivity index (χ0n) is 11.5. The lowest BCUT2D eigenvalue weighted by atomic mass is 10.1. The number of phenolic OH excluding ortho intramolecular Hbond substituents is 1. The van der Waals surface area contributed by atoms with E-state index in [-0.39, 0.29) is 11.7 Å². The molecular formula is C15H14BrNO4. The van der Waals surface area contributed by atoms with Crippen LogP contribution < -0.4 is 14.8 Å². The fourth-order valence-electron chi connectivity index (χ4n) is 1.77. The largest absolute Gasteiger partial charge is 0.508 e. The summed E-state index contributed by atoms with van der Waals surface area (Å²) in [6, 6.07) is 9.49. The number of phenols is 1. The second-order valence-corrected chi connectivity index (χ2v) is 5.04. The lowest BCUT2D eigenvalue weighted by Crippen LogP contribution is -2.13. The highest BCUT2D eigenvalue weighted by Gasteiger charge is 2.15. The topological polar surface area (TPSA) is 67.8 Å². The zero-order valence-corrected chi connectivity index (χ0v) is 13.1. The SMILES string of the molecule is COc1cc(Br)c(C(=O)Nc2ccc(O)cc2)cc1OC. The van der Waals surface area contributed by atoms with E-state index >= 15 is 0 Å². The second-order valence-electron chi connectivity index (χ2n) is 4.19. The van der Waals surface area contributed by atoms with Gasteiger partial charge in [-0.3, -0.25) is 4.79 Å². The first-order valence-corrected chi connectivity index (χ1v) is 6.86. The standard InChI is InChI=1S/C15H14BrNO4/c1-20-13-7-11(12(16)8-14(13)21-2)15(19)17-9-3-5-10(18)6-4-9/h3-8,18H,1-2H3,(H,17,19). The number of rotatable bonds is 4. The quantitative estimate of drug-likeness (QED) is 0.828. The summed E-state index contributed by atoms with van der Waals surface area (Å²) < 4.78 is 11.0. The number of carbonyl (C=O) groups is 1. The van der Waals surface area contributed by atoms with Gasteiger partial charge in [-0.25, -0.2) is 0 Å². The van der Waals surface area contributed by atoms with Gasteiger partial charge in [0, 0.05) is 10.2 Å². The summed E-state index contributed by atoms with van der Waals surface area (Å²) in [5.74, 6) is 0.843. The molecule has 2 N–H and O–H groups in total. The van der Waals surface area contributed by atoms with E-state index in [0.29, 0.717) is 27.2 Å². The number of hydrogen-bond acceptors (Lipinski definition) is 4. The van der Waals surface area contributed by atoms with Crippen LogP contribution in [-0.4, -0.2) is 25.2 Å². The lowest BCUT2D eigenvalue weighted by Gasteiger charge is -2.12. The van der Waals surface area contributed by atoms with Gasteiger partial charge < -0.3 is 19.9 Å². The molecular weight excluding hydrogens is 338 g/mol. The Balaban J connectivity index is 2.28. The van der Waals surface area contributed by atoms with Crippen molar-refractivity contribution < 1.29 is 19.4 Å². The molecule has 110 valence electrons. The number of anilines is 1. The van der Waals surface area contributed by atoms with Crippen molar-refractivity contribution in [2.45, 2.75) is 0 Å². The van der Waals surface area contributed by atoms with Crippen LogP contribution >= 0.6 is 15.9 Å². The summed E-state index contributed by atoms with van der Waals surface area (Å²) in [4.78, 5) is 12.3. The average Bonchev–Trinajstić information content (AvgIpc) is 2.49. The Morgan fingerprint density at radius 3 is 2.24 bits per heavy atom. The van der Waals surface area contributed by atoms with Crippen LogP contribution in [0.3, 0.4) is 0 Å². The number of carbonyl (C=O) groups excluding carboxylic acids is 1. The number of nitrogens with one attached hydrogen (secondary N) is 1. The Morgan fingerprint density at radius 1 is 1.10 bits per heavy atom. The summed E-state index contributed by atoms with van der Waals surface area (Å²) in [6.07, 6.45) is 0. The molecule has 0 atom stereocenters. The third-order valence-electron chi connectivity index (χ3n) is 2.84. The molecule has 6 heteroatoms. The minimum atomic E-state index is -0.298. The maximum atomic E-state index is 12.3. The third-order valence-corrected chi connectivity index (χ3v) is 3.50. The van der Waals surface area contributed by atoms with Crippen molar-refractivity contribution >= 4 is 27.5 Å². The molecule has 21 heavy (non-hydrogen) atoms. The van der Waals surface area contributed by atoms with Crippen LogP contribution in [0.2, 0.25) is 0 Å². The molecule has 0 heterocycles. The first-order chi connectivity index (χ1) is 10.0. The monoisotopic (exact) mass is 351 g/mol. The van der Waals surface area contributed by atoms with E-state index in [1.165, 1.54) is 26.4 Å². The van der Waals surface area contributed by atoms with Crippen LogP contribution in [0.4, 0.5) is 5.69 Å². The van der Waals surface area contributed by atoms with Gasteiger partial charge in [-0.2, -0.15) is 0 Å². The zero-order chi connectivity index (χ0) is 15.4. The summed E-state index contributed by atoms with van der Waals surface area (Å²) in [5.41, 5.74) is 1.00. The van der Waals surface area contributed by atoms with E-state index in [1.54, 1.807) is 24.3 Å². The molecule has 0 aliphatic rings. The summed E-state index contributed by atoms with van der Waals surface area (Å²) >= 11 is 3.34. The van der Waals surface area contributed by atoms with Gasteiger partial charge in [0.15, 0.2) is 11.5 Å². The Hall–Kier alpha value is -2.21. The molecule has 0 aliphatic heterocycles. The Morgan fingerprint density at radius 2 is 1.67 bits per heavy atom. The molecule has 0 fully saturated rings. The minimum absolute atomic E-state index is 0.139. The first kappa shape index (κ1) is 15.2. The lowest BCUT2D eigenvalue weighted by molar-refractivity contribution is 0.102. The van der Waals surface area contributed by atoms with Crippen LogP contribution in [0.25, 0.3) is 0 Å². The number of methoxy groups -OCH3 is 2. The first-order valence-electron chi connectivity index (χ1n) is 6.07. The number of hydrogen-bond donors (Lipinski definition) is 2. The van der Waals surface area contributed by atoms with Gasteiger partial charge in [0.2, 0.25) is 0 Å². The van der Waals surface area contributed by atoms with Crippen molar-refractivity contribution in [1.29, 1.82) is 0 Å². The Bertz CT molecular complexity index is 655. The van der Waals surface area contributed by atoms with Gasteiger partial charge in [0.05, 0.1) is 19.8 Å². The number of halogens is 1. The van der Waals surface area contributed by atoms with E-state index in [4.69, 9.17) is 9.47 Å². The minimum Gasteiger partial charge on any atom is -0.508 e. The van der Waals surface area contributed by atoms with Crippen molar-refractivity contribution in [1.82, 2.24) is 0 Å². The average molecular weight is 352 g/mol. The summed E-state index contributed by atoms with van der Waals surface area (Å²) in [7, 11) is 3.04.